The third-order valence-electron chi connectivity index (χ3n) is 3.46. The van der Waals surface area contributed by atoms with Gasteiger partial charge in [-0.05, 0) is 41.0 Å². The van der Waals surface area contributed by atoms with Gasteiger partial charge in [0.1, 0.15) is 0 Å². The summed E-state index contributed by atoms with van der Waals surface area (Å²) in [5.41, 5.74) is 2.76. The third kappa shape index (κ3) is 3.01. The van der Waals surface area contributed by atoms with E-state index in [4.69, 9.17) is 18.9 Å². The van der Waals surface area contributed by atoms with Crippen LogP contribution in [0.4, 0.5) is 0 Å². The van der Waals surface area contributed by atoms with Gasteiger partial charge >= 0.3 is 0 Å². The molecule has 0 saturated heterocycles. The summed E-state index contributed by atoms with van der Waals surface area (Å²) >= 11 is 0. The molecule has 116 valence electrons. The summed E-state index contributed by atoms with van der Waals surface area (Å²) in [6, 6.07) is 11.4. The average molecular weight is 300 g/mol. The zero-order valence-electron chi connectivity index (χ0n) is 13.3. The molecule has 0 radical (unpaired) electrons. The van der Waals surface area contributed by atoms with Crippen LogP contribution in [0.15, 0.2) is 43.0 Å². The summed E-state index contributed by atoms with van der Waals surface area (Å²) in [5, 5.41) is 0. The molecular weight excluding hydrogens is 280 g/mol. The first-order valence-electron chi connectivity index (χ1n) is 6.78. The van der Waals surface area contributed by atoms with Crippen LogP contribution in [0.1, 0.15) is 11.1 Å². The van der Waals surface area contributed by atoms with Crippen molar-refractivity contribution < 1.29 is 18.9 Å². The molecule has 0 amide bonds. The van der Waals surface area contributed by atoms with E-state index in [-0.39, 0.29) is 0 Å². The number of methoxy groups -OCH3 is 4. The lowest BCUT2D eigenvalue weighted by molar-refractivity contribution is 0.354. The molecule has 0 aliphatic heterocycles. The van der Waals surface area contributed by atoms with Crippen LogP contribution < -0.4 is 18.9 Å². The van der Waals surface area contributed by atoms with Crippen LogP contribution in [0.2, 0.25) is 0 Å². The third-order valence-corrected chi connectivity index (χ3v) is 3.46. The van der Waals surface area contributed by atoms with E-state index in [1.54, 1.807) is 28.4 Å². The summed E-state index contributed by atoms with van der Waals surface area (Å²) in [4.78, 5) is 0. The lowest BCUT2D eigenvalue weighted by Gasteiger charge is -2.13. The summed E-state index contributed by atoms with van der Waals surface area (Å²) in [5.74, 6) is 2.71. The van der Waals surface area contributed by atoms with Crippen molar-refractivity contribution in [2.24, 2.45) is 0 Å². The van der Waals surface area contributed by atoms with Crippen molar-refractivity contribution in [2.45, 2.75) is 0 Å². The number of benzene rings is 2. The van der Waals surface area contributed by atoms with Gasteiger partial charge in [-0.2, -0.15) is 0 Å². The first kappa shape index (κ1) is 15.8. The Bertz CT molecular complexity index is 619. The van der Waals surface area contributed by atoms with Crippen molar-refractivity contribution in [3.63, 3.8) is 0 Å². The predicted octanol–water partition coefficient (Wildman–Crippen LogP) is 3.78. The molecule has 4 heteroatoms. The molecule has 4 nitrogen and oxygen atoms in total. The van der Waals surface area contributed by atoms with Crippen molar-refractivity contribution >= 4 is 5.57 Å². The van der Waals surface area contributed by atoms with Gasteiger partial charge in [0, 0.05) is 0 Å². The lowest BCUT2D eigenvalue weighted by Crippen LogP contribution is -1.95. The molecule has 0 fully saturated rings. The van der Waals surface area contributed by atoms with E-state index in [0.717, 1.165) is 16.7 Å². The predicted molar refractivity (Wildman–Crippen MR) is 87.2 cm³/mol. The Kier molecular flexibility index (Phi) is 4.94. The van der Waals surface area contributed by atoms with Gasteiger partial charge in [-0.1, -0.05) is 18.7 Å². The highest BCUT2D eigenvalue weighted by Gasteiger charge is 2.11. The SMILES string of the molecule is C=C(c1ccc(OC)c(OC)c1)c1ccc(OC)c(OC)c1. The standard InChI is InChI=1S/C18H20O4/c1-12(13-6-8-15(19-2)17(10-13)21-4)14-7-9-16(20-3)18(11-14)22-5/h6-11H,1H2,2-5H3. The van der Waals surface area contributed by atoms with Gasteiger partial charge in [0.2, 0.25) is 0 Å². The Labute approximate surface area is 130 Å². The molecule has 0 aliphatic rings. The maximum Gasteiger partial charge on any atom is 0.161 e. The van der Waals surface area contributed by atoms with E-state index in [0.29, 0.717) is 23.0 Å². The average Bonchev–Trinajstić information content (AvgIpc) is 2.59. The topological polar surface area (TPSA) is 36.9 Å². The smallest absolute Gasteiger partial charge is 0.161 e. The molecule has 0 aromatic heterocycles. The van der Waals surface area contributed by atoms with E-state index in [1.807, 2.05) is 36.4 Å². The van der Waals surface area contributed by atoms with Crippen molar-refractivity contribution in [1.29, 1.82) is 0 Å². The van der Waals surface area contributed by atoms with Crippen molar-refractivity contribution in [2.75, 3.05) is 28.4 Å². The summed E-state index contributed by atoms with van der Waals surface area (Å²) in [6.07, 6.45) is 0. The minimum atomic E-state index is 0.668. The number of ether oxygens (including phenoxy) is 4. The van der Waals surface area contributed by atoms with Gasteiger partial charge < -0.3 is 18.9 Å². The maximum atomic E-state index is 5.33. The van der Waals surface area contributed by atoms with Crippen molar-refractivity contribution in [3.05, 3.63) is 54.1 Å². The molecule has 2 aromatic rings. The molecule has 0 spiro atoms. The minimum Gasteiger partial charge on any atom is -0.493 e. The summed E-state index contributed by atoms with van der Waals surface area (Å²) < 4.78 is 21.2. The Balaban J connectivity index is 2.39. The largest absolute Gasteiger partial charge is 0.493 e. The fourth-order valence-electron chi connectivity index (χ4n) is 2.21. The van der Waals surface area contributed by atoms with E-state index in [9.17, 15) is 0 Å². The number of rotatable bonds is 6. The van der Waals surface area contributed by atoms with Crippen LogP contribution in [0.3, 0.4) is 0 Å². The molecule has 0 saturated carbocycles. The van der Waals surface area contributed by atoms with Gasteiger partial charge in [0.15, 0.2) is 23.0 Å². The lowest BCUT2D eigenvalue weighted by atomic mass is 9.99. The Morgan fingerprint density at radius 3 is 1.32 bits per heavy atom. The van der Waals surface area contributed by atoms with Crippen molar-refractivity contribution in [1.82, 2.24) is 0 Å². The normalized spacial score (nSPS) is 10.0. The second-order valence-corrected chi connectivity index (χ2v) is 4.62. The Hall–Kier alpha value is -2.62. The highest BCUT2D eigenvalue weighted by molar-refractivity contribution is 5.80. The van der Waals surface area contributed by atoms with Crippen molar-refractivity contribution in [3.8, 4) is 23.0 Å². The molecule has 2 rings (SSSR count). The highest BCUT2D eigenvalue weighted by Crippen LogP contribution is 2.35. The van der Waals surface area contributed by atoms with Gasteiger partial charge in [-0.3, -0.25) is 0 Å². The first-order valence-corrected chi connectivity index (χ1v) is 6.78. The van der Waals surface area contributed by atoms with Gasteiger partial charge in [-0.25, -0.2) is 0 Å². The maximum absolute atomic E-state index is 5.33. The van der Waals surface area contributed by atoms with Crippen LogP contribution in [-0.2, 0) is 0 Å². The van der Waals surface area contributed by atoms with Gasteiger partial charge in [0.25, 0.3) is 0 Å². The zero-order valence-corrected chi connectivity index (χ0v) is 13.3. The van der Waals surface area contributed by atoms with Gasteiger partial charge in [0.05, 0.1) is 28.4 Å². The van der Waals surface area contributed by atoms with E-state index in [1.165, 1.54) is 0 Å². The minimum absolute atomic E-state index is 0.668. The molecule has 22 heavy (non-hydrogen) atoms. The van der Waals surface area contributed by atoms with Crippen LogP contribution in [-0.4, -0.2) is 28.4 Å². The molecule has 0 N–H and O–H groups in total. The molecule has 0 atom stereocenters. The fourth-order valence-corrected chi connectivity index (χ4v) is 2.21. The van der Waals surface area contributed by atoms with Gasteiger partial charge in [-0.15, -0.1) is 0 Å². The van der Waals surface area contributed by atoms with E-state index < -0.39 is 0 Å². The Morgan fingerprint density at radius 2 is 1.00 bits per heavy atom. The van der Waals surface area contributed by atoms with Crippen LogP contribution in [0.5, 0.6) is 23.0 Å². The summed E-state index contributed by atoms with van der Waals surface area (Å²) in [7, 11) is 6.45. The molecule has 0 bridgehead atoms. The second-order valence-electron chi connectivity index (χ2n) is 4.62. The molecular formula is C18H20O4. The number of hydrogen-bond acceptors (Lipinski definition) is 4. The van der Waals surface area contributed by atoms with Crippen LogP contribution in [0.25, 0.3) is 5.57 Å². The monoisotopic (exact) mass is 300 g/mol. The van der Waals surface area contributed by atoms with Crippen LogP contribution >= 0.6 is 0 Å². The molecule has 2 aromatic carbocycles. The fraction of sp³-hybridized carbons (Fsp3) is 0.222. The first-order chi connectivity index (χ1) is 10.6. The highest BCUT2D eigenvalue weighted by atomic mass is 16.5. The second kappa shape index (κ2) is 6.89. The van der Waals surface area contributed by atoms with E-state index >= 15 is 0 Å². The molecule has 0 heterocycles. The quantitative estimate of drug-likeness (QED) is 0.813. The zero-order chi connectivity index (χ0) is 16.1. The van der Waals surface area contributed by atoms with E-state index in [2.05, 4.69) is 6.58 Å². The van der Waals surface area contributed by atoms with Crippen LogP contribution in [0, 0.1) is 0 Å². The Morgan fingerprint density at radius 1 is 0.636 bits per heavy atom. The molecule has 0 aliphatic carbocycles. The number of hydrogen-bond donors (Lipinski definition) is 0. The molecule has 0 unspecified atom stereocenters. The summed E-state index contributed by atoms with van der Waals surface area (Å²) in [6.45, 7) is 4.16.